The second-order valence-electron chi connectivity index (χ2n) is 5.03. The van der Waals surface area contributed by atoms with E-state index in [2.05, 4.69) is 15.5 Å². The first-order valence-electron chi connectivity index (χ1n) is 6.71. The van der Waals surface area contributed by atoms with Crippen molar-refractivity contribution in [3.63, 3.8) is 0 Å². The first-order valence-corrected chi connectivity index (χ1v) is 6.71. The summed E-state index contributed by atoms with van der Waals surface area (Å²) in [5.74, 6) is 0.501. The summed E-state index contributed by atoms with van der Waals surface area (Å²) < 4.78 is 18.7. The summed E-state index contributed by atoms with van der Waals surface area (Å²) in [4.78, 5) is 0. The molecule has 20 heavy (non-hydrogen) atoms. The second-order valence-corrected chi connectivity index (χ2v) is 5.03. The van der Waals surface area contributed by atoms with Crippen LogP contribution < -0.4 is 10.1 Å². The minimum absolute atomic E-state index is 0.330. The predicted molar refractivity (Wildman–Crippen MR) is 73.1 cm³/mol. The van der Waals surface area contributed by atoms with E-state index in [0.717, 1.165) is 17.8 Å². The van der Waals surface area contributed by atoms with Crippen molar-refractivity contribution in [1.29, 1.82) is 0 Å². The number of hydrogen-bond acceptors (Lipinski definition) is 4. The zero-order chi connectivity index (χ0) is 13.9. The lowest BCUT2D eigenvalue weighted by atomic mass is 10.2. The van der Waals surface area contributed by atoms with Crippen LogP contribution in [0.1, 0.15) is 24.1 Å². The quantitative estimate of drug-likeness (QED) is 0.909. The molecule has 1 N–H and O–H groups in total. The van der Waals surface area contributed by atoms with Crippen LogP contribution in [0, 0.1) is 12.7 Å². The first kappa shape index (κ1) is 13.0. The van der Waals surface area contributed by atoms with Gasteiger partial charge in [-0.3, -0.25) is 0 Å². The van der Waals surface area contributed by atoms with Crippen molar-refractivity contribution in [2.45, 2.75) is 32.4 Å². The summed E-state index contributed by atoms with van der Waals surface area (Å²) in [6, 6.07) is 8.68. The van der Waals surface area contributed by atoms with Crippen molar-refractivity contribution in [1.82, 2.24) is 15.5 Å². The molecule has 1 heterocycles. The highest BCUT2D eigenvalue weighted by Crippen LogP contribution is 2.24. The van der Waals surface area contributed by atoms with E-state index < -0.39 is 0 Å². The lowest BCUT2D eigenvalue weighted by molar-refractivity contribution is 0.445. The molecule has 1 aromatic heterocycles. The number of ether oxygens (including phenoxy) is 1. The number of nitrogens with one attached hydrogen (secondary N) is 1. The van der Waals surface area contributed by atoms with E-state index in [1.807, 2.05) is 13.0 Å². The molecule has 2 aromatic rings. The van der Waals surface area contributed by atoms with E-state index in [0.29, 0.717) is 17.7 Å². The van der Waals surface area contributed by atoms with Gasteiger partial charge in [0.15, 0.2) is 0 Å². The summed E-state index contributed by atoms with van der Waals surface area (Å²) in [7, 11) is 0. The van der Waals surface area contributed by atoms with Crippen molar-refractivity contribution in [3.05, 3.63) is 47.4 Å². The number of aryl methyl sites for hydroxylation is 1. The van der Waals surface area contributed by atoms with Gasteiger partial charge in [0.1, 0.15) is 11.6 Å². The molecule has 4 nitrogen and oxygen atoms in total. The third-order valence-corrected chi connectivity index (χ3v) is 3.21. The van der Waals surface area contributed by atoms with Crippen LogP contribution >= 0.6 is 0 Å². The molecule has 0 saturated heterocycles. The highest BCUT2D eigenvalue weighted by atomic mass is 19.1. The van der Waals surface area contributed by atoms with E-state index in [1.54, 1.807) is 12.1 Å². The van der Waals surface area contributed by atoms with Gasteiger partial charge in [-0.05, 0) is 37.5 Å². The van der Waals surface area contributed by atoms with Crippen molar-refractivity contribution in [2.75, 3.05) is 0 Å². The molecule has 1 saturated carbocycles. The largest absolute Gasteiger partial charge is 0.437 e. The second kappa shape index (κ2) is 5.54. The van der Waals surface area contributed by atoms with Gasteiger partial charge in [-0.1, -0.05) is 6.07 Å². The van der Waals surface area contributed by atoms with Gasteiger partial charge in [0.05, 0.1) is 5.69 Å². The molecule has 0 amide bonds. The molecular weight excluding hydrogens is 257 g/mol. The average molecular weight is 273 g/mol. The van der Waals surface area contributed by atoms with Crippen LogP contribution in [0.15, 0.2) is 30.3 Å². The van der Waals surface area contributed by atoms with Crippen LogP contribution in [-0.2, 0) is 6.54 Å². The highest BCUT2D eigenvalue weighted by Gasteiger charge is 2.20. The molecular formula is C15H16FN3O. The number of aromatic nitrogens is 2. The number of halogens is 1. The summed E-state index contributed by atoms with van der Waals surface area (Å²) in [6.07, 6.45) is 2.49. The van der Waals surface area contributed by atoms with E-state index in [4.69, 9.17) is 4.74 Å². The Kier molecular flexibility index (Phi) is 3.60. The van der Waals surface area contributed by atoms with Crippen LogP contribution in [0.25, 0.3) is 0 Å². The van der Waals surface area contributed by atoms with Crippen LogP contribution in [-0.4, -0.2) is 16.2 Å². The van der Waals surface area contributed by atoms with Gasteiger partial charge in [-0.2, -0.15) is 5.10 Å². The van der Waals surface area contributed by atoms with E-state index in [-0.39, 0.29) is 5.82 Å². The maximum absolute atomic E-state index is 13.2. The molecule has 5 heteroatoms. The Morgan fingerprint density at radius 1 is 1.25 bits per heavy atom. The average Bonchev–Trinajstić information content (AvgIpc) is 3.26. The molecule has 0 radical (unpaired) electrons. The highest BCUT2D eigenvalue weighted by molar-refractivity contribution is 5.35. The third-order valence-electron chi connectivity index (χ3n) is 3.21. The molecule has 1 aromatic carbocycles. The number of benzene rings is 1. The maximum atomic E-state index is 13.2. The molecule has 3 rings (SSSR count). The zero-order valence-electron chi connectivity index (χ0n) is 11.3. The van der Waals surface area contributed by atoms with E-state index in [9.17, 15) is 4.39 Å². The van der Waals surface area contributed by atoms with E-state index >= 15 is 0 Å². The fourth-order valence-electron chi connectivity index (χ4n) is 1.83. The van der Waals surface area contributed by atoms with Gasteiger partial charge in [0.2, 0.25) is 5.88 Å². The van der Waals surface area contributed by atoms with Gasteiger partial charge in [0, 0.05) is 24.7 Å². The summed E-state index contributed by atoms with van der Waals surface area (Å²) in [6.45, 7) is 2.58. The fourth-order valence-corrected chi connectivity index (χ4v) is 1.83. The Balaban J connectivity index is 1.66. The zero-order valence-corrected chi connectivity index (χ0v) is 11.3. The number of nitrogens with zero attached hydrogens (tertiary/aromatic N) is 2. The Labute approximate surface area is 117 Å². The topological polar surface area (TPSA) is 47.0 Å². The van der Waals surface area contributed by atoms with E-state index in [1.165, 1.54) is 25.0 Å². The monoisotopic (exact) mass is 273 g/mol. The van der Waals surface area contributed by atoms with Gasteiger partial charge in [-0.15, -0.1) is 5.10 Å². The van der Waals surface area contributed by atoms with Gasteiger partial charge in [-0.25, -0.2) is 4.39 Å². The third kappa shape index (κ3) is 3.30. The first-order chi connectivity index (χ1) is 9.70. The lowest BCUT2D eigenvalue weighted by Crippen LogP contribution is -2.16. The van der Waals surface area contributed by atoms with Crippen molar-refractivity contribution < 1.29 is 9.13 Å². The minimum atomic E-state index is -0.330. The van der Waals surface area contributed by atoms with Crippen LogP contribution in [0.2, 0.25) is 0 Å². The van der Waals surface area contributed by atoms with Gasteiger partial charge < -0.3 is 10.1 Å². The van der Waals surface area contributed by atoms with Crippen molar-refractivity contribution in [2.24, 2.45) is 0 Å². The van der Waals surface area contributed by atoms with Crippen molar-refractivity contribution in [3.8, 4) is 11.6 Å². The molecule has 0 bridgehead atoms. The molecule has 1 fully saturated rings. The lowest BCUT2D eigenvalue weighted by Gasteiger charge is -2.08. The normalized spacial score (nSPS) is 14.3. The molecule has 0 aliphatic heterocycles. The fraction of sp³-hybridized carbons (Fsp3) is 0.333. The summed E-state index contributed by atoms with van der Waals surface area (Å²) in [5, 5.41) is 11.5. The smallest absolute Gasteiger partial charge is 0.238 e. The maximum Gasteiger partial charge on any atom is 0.238 e. The summed E-state index contributed by atoms with van der Waals surface area (Å²) >= 11 is 0. The molecule has 0 unspecified atom stereocenters. The van der Waals surface area contributed by atoms with Crippen LogP contribution in [0.5, 0.6) is 11.6 Å². The van der Waals surface area contributed by atoms with Crippen LogP contribution in [0.4, 0.5) is 4.39 Å². The van der Waals surface area contributed by atoms with Crippen LogP contribution in [0.3, 0.4) is 0 Å². The number of rotatable bonds is 5. The molecule has 104 valence electrons. The molecule has 1 aliphatic carbocycles. The SMILES string of the molecule is Cc1ccc(F)cc1Oc1ccc(CNC2CC2)nn1. The standard InChI is InChI=1S/C15H16FN3O/c1-10-2-3-11(16)8-14(10)20-15-7-6-13(18-19-15)9-17-12-4-5-12/h2-3,6-8,12,17H,4-5,9H2,1H3. The molecule has 0 atom stereocenters. The molecule has 0 spiro atoms. The van der Waals surface area contributed by atoms with Gasteiger partial charge in [0.25, 0.3) is 0 Å². The summed E-state index contributed by atoms with van der Waals surface area (Å²) in [5.41, 5.74) is 1.73. The number of hydrogen-bond donors (Lipinski definition) is 1. The Morgan fingerprint density at radius 3 is 2.80 bits per heavy atom. The minimum Gasteiger partial charge on any atom is -0.437 e. The Bertz CT molecular complexity index is 597. The van der Waals surface area contributed by atoms with Gasteiger partial charge >= 0.3 is 0 Å². The Morgan fingerprint density at radius 2 is 2.10 bits per heavy atom. The predicted octanol–water partition coefficient (Wildman–Crippen LogP) is 2.97. The van der Waals surface area contributed by atoms with Crippen molar-refractivity contribution >= 4 is 0 Å². The molecule has 1 aliphatic rings. The Hall–Kier alpha value is -2.01.